The van der Waals surface area contributed by atoms with Gasteiger partial charge in [0.15, 0.2) is 0 Å². The minimum atomic E-state index is -0.286. The summed E-state index contributed by atoms with van der Waals surface area (Å²) in [4.78, 5) is 22.2. The molecule has 122 valence electrons. The molecule has 1 aromatic heterocycles. The summed E-state index contributed by atoms with van der Waals surface area (Å²) in [5.41, 5.74) is 0.850. The summed E-state index contributed by atoms with van der Waals surface area (Å²) in [5, 5.41) is 2.95. The summed E-state index contributed by atoms with van der Waals surface area (Å²) in [6.07, 6.45) is 3.50. The standard InChI is InChI=1S/C17H21FN4O/c1-3-4-11-22(2)16(23)15-9-10-19-17(21-15)20-12-13-7-5-6-8-14(13)18/h5-10H,3-4,11-12H2,1-2H3,(H,19,20,21). The maximum atomic E-state index is 13.6. The third kappa shape index (κ3) is 4.74. The Hall–Kier alpha value is -2.50. The lowest BCUT2D eigenvalue weighted by Gasteiger charge is -2.16. The fourth-order valence-electron chi connectivity index (χ4n) is 2.07. The van der Waals surface area contributed by atoms with E-state index in [0.717, 1.165) is 12.8 Å². The van der Waals surface area contributed by atoms with Crippen LogP contribution in [0.5, 0.6) is 0 Å². The van der Waals surface area contributed by atoms with Crippen LogP contribution >= 0.6 is 0 Å². The predicted octanol–water partition coefficient (Wildman–Crippen LogP) is 3.10. The Labute approximate surface area is 135 Å². The van der Waals surface area contributed by atoms with Crippen molar-refractivity contribution in [1.29, 1.82) is 0 Å². The molecule has 0 unspecified atom stereocenters. The van der Waals surface area contributed by atoms with Crippen molar-refractivity contribution in [2.75, 3.05) is 18.9 Å². The molecule has 0 radical (unpaired) electrons. The first kappa shape index (κ1) is 16.9. The number of rotatable bonds is 7. The molecule has 0 fully saturated rings. The van der Waals surface area contributed by atoms with Crippen LogP contribution < -0.4 is 5.32 Å². The van der Waals surface area contributed by atoms with Crippen LogP contribution in [0.1, 0.15) is 35.8 Å². The van der Waals surface area contributed by atoms with Gasteiger partial charge in [-0.05, 0) is 18.6 Å². The van der Waals surface area contributed by atoms with Crippen molar-refractivity contribution in [3.8, 4) is 0 Å². The number of carbonyl (C=O) groups excluding carboxylic acids is 1. The molecule has 23 heavy (non-hydrogen) atoms. The first-order chi connectivity index (χ1) is 11.1. The van der Waals surface area contributed by atoms with Crippen molar-refractivity contribution in [3.05, 3.63) is 53.6 Å². The molecule has 1 N–H and O–H groups in total. The number of amides is 1. The molecule has 0 saturated carbocycles. The Morgan fingerprint density at radius 2 is 2.09 bits per heavy atom. The van der Waals surface area contributed by atoms with Crippen LogP contribution in [0.3, 0.4) is 0 Å². The molecule has 0 bridgehead atoms. The van der Waals surface area contributed by atoms with Gasteiger partial charge in [-0.15, -0.1) is 0 Å². The van der Waals surface area contributed by atoms with E-state index in [9.17, 15) is 9.18 Å². The molecular weight excluding hydrogens is 295 g/mol. The zero-order valence-electron chi connectivity index (χ0n) is 13.4. The second-order valence-corrected chi connectivity index (χ2v) is 5.29. The fourth-order valence-corrected chi connectivity index (χ4v) is 2.07. The quantitative estimate of drug-likeness (QED) is 0.853. The number of aromatic nitrogens is 2. The first-order valence-electron chi connectivity index (χ1n) is 7.67. The Kier molecular flexibility index (Phi) is 6.02. The highest BCUT2D eigenvalue weighted by Crippen LogP contribution is 2.09. The highest BCUT2D eigenvalue weighted by Gasteiger charge is 2.13. The number of nitrogens with zero attached hydrogens (tertiary/aromatic N) is 3. The van der Waals surface area contributed by atoms with Crippen LogP contribution in [0.2, 0.25) is 0 Å². The number of halogens is 1. The third-order valence-electron chi connectivity index (χ3n) is 3.46. The van der Waals surface area contributed by atoms with Gasteiger partial charge in [-0.1, -0.05) is 31.5 Å². The van der Waals surface area contributed by atoms with Crippen LogP contribution in [-0.4, -0.2) is 34.4 Å². The molecule has 0 aliphatic heterocycles. The van der Waals surface area contributed by atoms with Gasteiger partial charge >= 0.3 is 0 Å². The summed E-state index contributed by atoms with van der Waals surface area (Å²) >= 11 is 0. The predicted molar refractivity (Wildman–Crippen MR) is 87.6 cm³/mol. The molecule has 0 atom stereocenters. The fraction of sp³-hybridized carbons (Fsp3) is 0.353. The average molecular weight is 316 g/mol. The molecular formula is C17H21FN4O. The highest BCUT2D eigenvalue weighted by atomic mass is 19.1. The van der Waals surface area contributed by atoms with Crippen LogP contribution in [-0.2, 0) is 6.54 Å². The van der Waals surface area contributed by atoms with Gasteiger partial charge in [-0.2, -0.15) is 0 Å². The van der Waals surface area contributed by atoms with Gasteiger partial charge in [-0.3, -0.25) is 4.79 Å². The van der Waals surface area contributed by atoms with Gasteiger partial charge in [0, 0.05) is 31.9 Å². The van der Waals surface area contributed by atoms with Crippen molar-refractivity contribution in [2.45, 2.75) is 26.3 Å². The van der Waals surface area contributed by atoms with E-state index in [-0.39, 0.29) is 18.3 Å². The minimum absolute atomic E-state index is 0.144. The van der Waals surface area contributed by atoms with Gasteiger partial charge in [0.05, 0.1) is 0 Å². The van der Waals surface area contributed by atoms with E-state index in [1.807, 2.05) is 0 Å². The topological polar surface area (TPSA) is 58.1 Å². The second-order valence-electron chi connectivity index (χ2n) is 5.29. The molecule has 0 aliphatic rings. The van der Waals surface area contributed by atoms with E-state index in [2.05, 4.69) is 22.2 Å². The summed E-state index contributed by atoms with van der Waals surface area (Å²) < 4.78 is 13.6. The molecule has 5 nitrogen and oxygen atoms in total. The normalized spacial score (nSPS) is 10.4. The SMILES string of the molecule is CCCCN(C)C(=O)c1ccnc(NCc2ccccc2F)n1. The van der Waals surface area contributed by atoms with Gasteiger partial charge in [-0.25, -0.2) is 14.4 Å². The lowest BCUT2D eigenvalue weighted by molar-refractivity contribution is 0.0787. The van der Waals surface area contributed by atoms with E-state index in [4.69, 9.17) is 0 Å². The molecule has 0 saturated heterocycles. The zero-order chi connectivity index (χ0) is 16.7. The molecule has 6 heteroatoms. The lowest BCUT2D eigenvalue weighted by Crippen LogP contribution is -2.28. The number of hydrogen-bond donors (Lipinski definition) is 1. The largest absolute Gasteiger partial charge is 0.350 e. The van der Waals surface area contributed by atoms with Crippen LogP contribution in [0.25, 0.3) is 0 Å². The van der Waals surface area contributed by atoms with Crippen molar-refractivity contribution in [3.63, 3.8) is 0 Å². The van der Waals surface area contributed by atoms with Crippen molar-refractivity contribution in [1.82, 2.24) is 14.9 Å². The number of carbonyl (C=O) groups is 1. The van der Waals surface area contributed by atoms with E-state index in [1.165, 1.54) is 12.3 Å². The third-order valence-corrected chi connectivity index (χ3v) is 3.46. The molecule has 1 heterocycles. The average Bonchev–Trinajstić information content (AvgIpc) is 2.58. The van der Waals surface area contributed by atoms with Gasteiger partial charge in [0.1, 0.15) is 11.5 Å². The van der Waals surface area contributed by atoms with Crippen molar-refractivity contribution < 1.29 is 9.18 Å². The zero-order valence-corrected chi connectivity index (χ0v) is 13.4. The second kappa shape index (κ2) is 8.22. The van der Waals surface area contributed by atoms with E-state index in [0.29, 0.717) is 23.8 Å². The number of hydrogen-bond acceptors (Lipinski definition) is 4. The van der Waals surface area contributed by atoms with E-state index in [1.54, 1.807) is 36.2 Å². The van der Waals surface area contributed by atoms with Crippen molar-refractivity contribution >= 4 is 11.9 Å². The monoisotopic (exact) mass is 316 g/mol. The van der Waals surface area contributed by atoms with Crippen LogP contribution in [0.4, 0.5) is 10.3 Å². The summed E-state index contributed by atoms with van der Waals surface area (Å²) in [6.45, 7) is 3.03. The Morgan fingerprint density at radius 1 is 1.30 bits per heavy atom. The maximum absolute atomic E-state index is 13.6. The number of anilines is 1. The number of benzene rings is 1. The Bertz CT molecular complexity index is 663. The summed E-state index contributed by atoms with van der Waals surface area (Å²) in [5.74, 6) is -0.121. The van der Waals surface area contributed by atoms with Crippen molar-refractivity contribution in [2.24, 2.45) is 0 Å². The number of unbranched alkanes of at least 4 members (excludes halogenated alkanes) is 1. The minimum Gasteiger partial charge on any atom is -0.350 e. The molecule has 1 aromatic carbocycles. The summed E-state index contributed by atoms with van der Waals surface area (Å²) in [6, 6.07) is 8.08. The van der Waals surface area contributed by atoms with Gasteiger partial charge in [0.25, 0.3) is 5.91 Å². The number of nitrogens with one attached hydrogen (secondary N) is 1. The van der Waals surface area contributed by atoms with Crippen LogP contribution in [0.15, 0.2) is 36.5 Å². The lowest BCUT2D eigenvalue weighted by atomic mass is 10.2. The molecule has 1 amide bonds. The molecule has 0 aliphatic carbocycles. The first-order valence-corrected chi connectivity index (χ1v) is 7.67. The van der Waals surface area contributed by atoms with E-state index >= 15 is 0 Å². The van der Waals surface area contributed by atoms with Gasteiger partial charge < -0.3 is 10.2 Å². The molecule has 2 aromatic rings. The summed E-state index contributed by atoms with van der Waals surface area (Å²) in [7, 11) is 1.76. The van der Waals surface area contributed by atoms with Gasteiger partial charge in [0.2, 0.25) is 5.95 Å². The Morgan fingerprint density at radius 3 is 2.83 bits per heavy atom. The van der Waals surface area contributed by atoms with Crippen LogP contribution in [0, 0.1) is 5.82 Å². The molecule has 2 rings (SSSR count). The smallest absolute Gasteiger partial charge is 0.272 e. The highest BCUT2D eigenvalue weighted by molar-refractivity contribution is 5.92. The molecule has 0 spiro atoms. The maximum Gasteiger partial charge on any atom is 0.272 e. The van der Waals surface area contributed by atoms with E-state index < -0.39 is 0 Å². The Balaban J connectivity index is 2.02.